The summed E-state index contributed by atoms with van der Waals surface area (Å²) >= 11 is 1.64. The lowest BCUT2D eigenvalue weighted by molar-refractivity contribution is -0.130. The molecule has 7 heteroatoms. The van der Waals surface area contributed by atoms with Crippen molar-refractivity contribution in [2.45, 2.75) is 58.2 Å². The molecule has 0 aromatic heterocycles. The molecule has 0 spiro atoms. The van der Waals surface area contributed by atoms with Gasteiger partial charge in [0.15, 0.2) is 6.61 Å². The molecule has 0 saturated heterocycles. The molecule has 0 radical (unpaired) electrons. The van der Waals surface area contributed by atoms with Crippen LogP contribution >= 0.6 is 11.8 Å². The Morgan fingerprint density at radius 2 is 1.61 bits per heavy atom. The quantitative estimate of drug-likeness (QED) is 0.430. The van der Waals surface area contributed by atoms with Gasteiger partial charge < -0.3 is 20.1 Å². The predicted octanol–water partition coefficient (Wildman–Crippen LogP) is 4.23. The van der Waals surface area contributed by atoms with Crippen LogP contribution in [-0.4, -0.2) is 48.6 Å². The molecule has 2 amide bonds. The Morgan fingerprint density at radius 3 is 2.24 bits per heavy atom. The minimum absolute atomic E-state index is 0.0154. The van der Waals surface area contributed by atoms with Gasteiger partial charge in [0.05, 0.1) is 6.10 Å². The van der Waals surface area contributed by atoms with E-state index >= 15 is 0 Å². The number of para-hydroxylation sites is 1. The molecule has 0 saturated carbocycles. The average Bonchev–Trinajstić information content (AvgIpc) is 2.80. The Kier molecular flexibility index (Phi) is 11.7. The van der Waals surface area contributed by atoms with Crippen molar-refractivity contribution in [3.05, 3.63) is 60.2 Å². The van der Waals surface area contributed by atoms with E-state index in [0.717, 1.165) is 24.3 Å². The zero-order valence-corrected chi connectivity index (χ0v) is 20.8. The van der Waals surface area contributed by atoms with Crippen LogP contribution in [0.4, 0.5) is 0 Å². The van der Waals surface area contributed by atoms with Crippen LogP contribution in [0.3, 0.4) is 0 Å². The standard InChI is InChI=1S/C26H36N2O4S/c1-19(2)32-23-14-12-21(13-15-23)11-10-20(3)27-26(30)24(16-17-33-4)28-25(29)18-31-22-8-6-5-7-9-22/h5-9,12-15,19-20,24H,10-11,16-18H2,1-4H3,(H,27,30)(H,28,29). The third kappa shape index (κ3) is 10.7. The van der Waals surface area contributed by atoms with Gasteiger partial charge in [-0.1, -0.05) is 30.3 Å². The second-order valence-corrected chi connectivity index (χ2v) is 9.25. The molecule has 6 nitrogen and oxygen atoms in total. The predicted molar refractivity (Wildman–Crippen MR) is 135 cm³/mol. The molecule has 0 aliphatic heterocycles. The molecule has 0 bridgehead atoms. The highest BCUT2D eigenvalue weighted by Gasteiger charge is 2.22. The fraction of sp³-hybridized carbons (Fsp3) is 0.462. The van der Waals surface area contributed by atoms with Gasteiger partial charge in [0.2, 0.25) is 5.91 Å². The van der Waals surface area contributed by atoms with E-state index in [-0.39, 0.29) is 30.6 Å². The number of hydrogen-bond donors (Lipinski definition) is 2. The van der Waals surface area contributed by atoms with Crippen LogP contribution in [-0.2, 0) is 16.0 Å². The summed E-state index contributed by atoms with van der Waals surface area (Å²) in [5, 5.41) is 5.87. The largest absolute Gasteiger partial charge is 0.491 e. The number of rotatable bonds is 14. The minimum Gasteiger partial charge on any atom is -0.491 e. The molecule has 2 unspecified atom stereocenters. The molecular formula is C26H36N2O4S. The van der Waals surface area contributed by atoms with Gasteiger partial charge in [0, 0.05) is 6.04 Å². The first kappa shape index (κ1) is 26.6. The monoisotopic (exact) mass is 472 g/mol. The Balaban J connectivity index is 1.81. The number of aryl methyl sites for hydroxylation is 1. The van der Waals surface area contributed by atoms with E-state index in [9.17, 15) is 9.59 Å². The fourth-order valence-electron chi connectivity index (χ4n) is 3.21. The molecule has 2 aromatic rings. The van der Waals surface area contributed by atoms with Crippen LogP contribution in [0, 0.1) is 0 Å². The second-order valence-electron chi connectivity index (χ2n) is 8.26. The number of hydrogen-bond acceptors (Lipinski definition) is 5. The van der Waals surface area contributed by atoms with Crippen molar-refractivity contribution in [2.24, 2.45) is 0 Å². The molecule has 2 aromatic carbocycles. The van der Waals surface area contributed by atoms with Gasteiger partial charge in [-0.2, -0.15) is 11.8 Å². The molecular weight excluding hydrogens is 436 g/mol. The normalized spacial score (nSPS) is 12.6. The number of carbonyl (C=O) groups is 2. The lowest BCUT2D eigenvalue weighted by Gasteiger charge is -2.21. The summed E-state index contributed by atoms with van der Waals surface area (Å²) in [7, 11) is 0. The van der Waals surface area contributed by atoms with Crippen molar-refractivity contribution in [3.63, 3.8) is 0 Å². The first-order valence-electron chi connectivity index (χ1n) is 11.4. The van der Waals surface area contributed by atoms with E-state index in [4.69, 9.17) is 9.47 Å². The Bertz CT molecular complexity index is 843. The third-order valence-electron chi connectivity index (χ3n) is 4.93. The third-order valence-corrected chi connectivity index (χ3v) is 5.57. The van der Waals surface area contributed by atoms with Crippen LogP contribution < -0.4 is 20.1 Å². The van der Waals surface area contributed by atoms with Crippen molar-refractivity contribution in [2.75, 3.05) is 18.6 Å². The van der Waals surface area contributed by atoms with Gasteiger partial charge in [0.25, 0.3) is 5.91 Å². The van der Waals surface area contributed by atoms with Gasteiger partial charge in [-0.05, 0) is 81.9 Å². The fourth-order valence-corrected chi connectivity index (χ4v) is 3.68. The summed E-state index contributed by atoms with van der Waals surface area (Å²) in [4.78, 5) is 25.2. The second kappa shape index (κ2) is 14.5. The molecule has 0 aliphatic carbocycles. The summed E-state index contributed by atoms with van der Waals surface area (Å²) in [5.74, 6) is 1.78. The molecule has 0 fully saturated rings. The number of thioether (sulfide) groups is 1. The van der Waals surface area contributed by atoms with E-state index in [0.29, 0.717) is 12.2 Å². The van der Waals surface area contributed by atoms with Gasteiger partial charge in [-0.25, -0.2) is 0 Å². The Labute approximate surface area is 201 Å². The Morgan fingerprint density at radius 1 is 0.909 bits per heavy atom. The lowest BCUT2D eigenvalue weighted by Crippen LogP contribution is -2.50. The summed E-state index contributed by atoms with van der Waals surface area (Å²) in [6.07, 6.45) is 4.34. The van der Waals surface area contributed by atoms with Gasteiger partial charge in [0.1, 0.15) is 17.5 Å². The van der Waals surface area contributed by atoms with Crippen molar-refractivity contribution in [1.29, 1.82) is 0 Å². The first-order chi connectivity index (χ1) is 15.9. The maximum Gasteiger partial charge on any atom is 0.258 e. The zero-order valence-electron chi connectivity index (χ0n) is 20.0. The number of carbonyl (C=O) groups excluding carboxylic acids is 2. The molecule has 2 N–H and O–H groups in total. The topological polar surface area (TPSA) is 76.7 Å². The highest BCUT2D eigenvalue weighted by molar-refractivity contribution is 7.98. The lowest BCUT2D eigenvalue weighted by atomic mass is 10.1. The van der Waals surface area contributed by atoms with E-state index < -0.39 is 6.04 Å². The van der Waals surface area contributed by atoms with Crippen molar-refractivity contribution >= 4 is 23.6 Å². The van der Waals surface area contributed by atoms with E-state index in [1.165, 1.54) is 5.56 Å². The van der Waals surface area contributed by atoms with Gasteiger partial charge >= 0.3 is 0 Å². The highest BCUT2D eigenvalue weighted by Crippen LogP contribution is 2.15. The van der Waals surface area contributed by atoms with Crippen LogP contribution in [0.15, 0.2) is 54.6 Å². The molecule has 0 heterocycles. The Hall–Kier alpha value is -2.67. The first-order valence-corrected chi connectivity index (χ1v) is 12.8. The SMILES string of the molecule is CSCCC(NC(=O)COc1ccccc1)C(=O)NC(C)CCc1ccc(OC(C)C)cc1. The molecule has 2 rings (SSSR count). The van der Waals surface area contributed by atoms with Crippen molar-refractivity contribution < 1.29 is 19.1 Å². The molecule has 0 aliphatic rings. The summed E-state index contributed by atoms with van der Waals surface area (Å²) < 4.78 is 11.2. The number of benzene rings is 2. The maximum atomic E-state index is 12.8. The maximum absolute atomic E-state index is 12.8. The summed E-state index contributed by atoms with van der Waals surface area (Å²) in [5.41, 5.74) is 1.19. The van der Waals surface area contributed by atoms with E-state index in [1.54, 1.807) is 23.9 Å². The average molecular weight is 473 g/mol. The van der Waals surface area contributed by atoms with Gasteiger partial charge in [-0.15, -0.1) is 0 Å². The van der Waals surface area contributed by atoms with Crippen LogP contribution in [0.2, 0.25) is 0 Å². The molecule has 33 heavy (non-hydrogen) atoms. The van der Waals surface area contributed by atoms with E-state index in [2.05, 4.69) is 22.8 Å². The van der Waals surface area contributed by atoms with E-state index in [1.807, 2.05) is 57.4 Å². The number of amides is 2. The van der Waals surface area contributed by atoms with Crippen molar-refractivity contribution in [3.8, 4) is 11.5 Å². The molecule has 180 valence electrons. The molecule has 2 atom stereocenters. The minimum atomic E-state index is -0.584. The zero-order chi connectivity index (χ0) is 24.1. The van der Waals surface area contributed by atoms with Gasteiger partial charge in [-0.3, -0.25) is 9.59 Å². The van der Waals surface area contributed by atoms with Crippen LogP contribution in [0.25, 0.3) is 0 Å². The summed E-state index contributed by atoms with van der Waals surface area (Å²) in [6, 6.07) is 16.6. The number of ether oxygens (including phenoxy) is 2. The smallest absolute Gasteiger partial charge is 0.258 e. The highest BCUT2D eigenvalue weighted by atomic mass is 32.2. The van der Waals surface area contributed by atoms with Crippen LogP contribution in [0.1, 0.15) is 39.2 Å². The van der Waals surface area contributed by atoms with Crippen LogP contribution in [0.5, 0.6) is 11.5 Å². The van der Waals surface area contributed by atoms with Crippen molar-refractivity contribution in [1.82, 2.24) is 10.6 Å². The summed E-state index contributed by atoms with van der Waals surface area (Å²) in [6.45, 7) is 5.87. The number of nitrogens with one attached hydrogen (secondary N) is 2.